The van der Waals surface area contributed by atoms with Gasteiger partial charge in [-0.25, -0.2) is 0 Å². The molecule has 2 aliphatic carbocycles. The van der Waals surface area contributed by atoms with Crippen molar-refractivity contribution in [1.29, 1.82) is 0 Å². The fraction of sp³-hybridized carbons (Fsp3) is 0.0882. The van der Waals surface area contributed by atoms with Gasteiger partial charge in [0.15, 0.2) is 11.2 Å². The predicted octanol–water partition coefficient (Wildman–Crippen LogP) is 19.3. The summed E-state index contributed by atoms with van der Waals surface area (Å²) in [6.45, 7) is 9.34. The van der Waals surface area contributed by atoms with Crippen molar-refractivity contribution in [3.63, 3.8) is 0 Å². The van der Waals surface area contributed by atoms with E-state index in [0.29, 0.717) is 0 Å². The molecule has 0 fully saturated rings. The SMILES string of the molecule is CC1(C)c2ccccc2-c2cc(N(c3ccccc3)c3ccc4cc5c(cc4c3)oc3c5ccc4c5cc6ccc(N(c7ccccc7)c7ccc8c(c7)-c7ccccc7C8(C)C)cc6cc5oc43)ccc21. The maximum Gasteiger partial charge on any atom is 0.178 e. The van der Waals surface area contributed by atoms with Crippen LogP contribution in [0.2, 0.25) is 0 Å². The molecule has 0 N–H and O–H groups in total. The first-order valence-corrected chi connectivity index (χ1v) is 25.1. The second-order valence-electron chi connectivity index (χ2n) is 20.9. The molecule has 0 spiro atoms. The molecule has 4 heteroatoms. The average Bonchev–Trinajstić information content (AvgIpc) is 4.10. The topological polar surface area (TPSA) is 32.8 Å². The molecule has 13 aromatic rings. The molecular weight excluding hydrogens is 877 g/mol. The smallest absolute Gasteiger partial charge is 0.178 e. The van der Waals surface area contributed by atoms with Gasteiger partial charge in [0, 0.05) is 66.5 Å². The lowest BCUT2D eigenvalue weighted by Crippen LogP contribution is -2.15. The van der Waals surface area contributed by atoms with Crippen molar-refractivity contribution in [2.75, 3.05) is 9.80 Å². The van der Waals surface area contributed by atoms with Gasteiger partial charge in [0.1, 0.15) is 11.2 Å². The van der Waals surface area contributed by atoms with Gasteiger partial charge < -0.3 is 18.6 Å². The standard InChI is InChI=1S/C68H48N2O2/c1-67(2)59-21-13-11-19-51(59)55-39-49(27-31-61(55)67)69(45-15-7-5-8-16-45)47-25-23-41-35-57-53-29-30-54-58-36-42-24-26-48(34-44(42)38-64(58)72-66(54)65(53)71-63(57)37-43(41)33-47)70(46-17-9-6-10-18-46)50-28-32-62-56(40-50)52-20-12-14-22-60(52)68(62,3)4/h5-40H,1-4H3. The molecular formula is C68H48N2O2. The van der Waals surface area contributed by atoms with Crippen LogP contribution < -0.4 is 9.80 Å². The minimum Gasteiger partial charge on any atom is -0.452 e. The first-order valence-electron chi connectivity index (χ1n) is 25.1. The monoisotopic (exact) mass is 924 g/mol. The lowest BCUT2D eigenvalue weighted by atomic mass is 9.82. The number of para-hydroxylation sites is 2. The Morgan fingerprint density at radius 3 is 1.10 bits per heavy atom. The predicted molar refractivity (Wildman–Crippen MR) is 301 cm³/mol. The molecule has 72 heavy (non-hydrogen) atoms. The second kappa shape index (κ2) is 14.8. The van der Waals surface area contributed by atoms with Crippen molar-refractivity contribution >= 4 is 99.5 Å². The summed E-state index contributed by atoms with van der Waals surface area (Å²) < 4.78 is 13.7. The maximum absolute atomic E-state index is 6.87. The van der Waals surface area contributed by atoms with Crippen LogP contribution >= 0.6 is 0 Å². The molecule has 2 aromatic heterocycles. The zero-order valence-corrected chi connectivity index (χ0v) is 40.5. The van der Waals surface area contributed by atoms with E-state index in [0.717, 1.165) is 99.5 Å². The number of furan rings is 2. The van der Waals surface area contributed by atoms with E-state index in [2.05, 4.69) is 256 Å². The minimum atomic E-state index is -0.0589. The molecule has 0 amide bonds. The molecule has 0 aliphatic heterocycles. The highest BCUT2D eigenvalue weighted by Gasteiger charge is 2.37. The van der Waals surface area contributed by atoms with Gasteiger partial charge in [-0.1, -0.05) is 137 Å². The van der Waals surface area contributed by atoms with E-state index in [-0.39, 0.29) is 10.8 Å². The summed E-state index contributed by atoms with van der Waals surface area (Å²) in [6, 6.07) is 79.9. The first kappa shape index (κ1) is 41.0. The van der Waals surface area contributed by atoms with Gasteiger partial charge in [-0.2, -0.15) is 0 Å². The van der Waals surface area contributed by atoms with Crippen LogP contribution in [0.5, 0.6) is 0 Å². The summed E-state index contributed by atoms with van der Waals surface area (Å²) in [6.07, 6.45) is 0. The molecule has 0 saturated carbocycles. The molecule has 4 nitrogen and oxygen atoms in total. The summed E-state index contributed by atoms with van der Waals surface area (Å²) in [7, 11) is 0. The Balaban J connectivity index is 0.827. The van der Waals surface area contributed by atoms with Crippen LogP contribution in [0.1, 0.15) is 49.9 Å². The fourth-order valence-corrected chi connectivity index (χ4v) is 12.5. The third-order valence-corrected chi connectivity index (χ3v) is 16.2. The highest BCUT2D eigenvalue weighted by atomic mass is 16.4. The number of hydrogen-bond acceptors (Lipinski definition) is 4. The van der Waals surface area contributed by atoms with Gasteiger partial charge in [-0.15, -0.1) is 0 Å². The van der Waals surface area contributed by atoms with E-state index in [1.54, 1.807) is 0 Å². The van der Waals surface area contributed by atoms with Crippen molar-refractivity contribution < 1.29 is 8.83 Å². The molecule has 0 atom stereocenters. The summed E-state index contributed by atoms with van der Waals surface area (Å²) in [5.74, 6) is 0. The Morgan fingerprint density at radius 2 is 0.653 bits per heavy atom. The molecule has 342 valence electrons. The van der Waals surface area contributed by atoms with Crippen molar-refractivity contribution in [2.24, 2.45) is 0 Å². The van der Waals surface area contributed by atoms with Crippen LogP contribution in [0.3, 0.4) is 0 Å². The highest BCUT2D eigenvalue weighted by molar-refractivity contribution is 6.21. The van der Waals surface area contributed by atoms with Gasteiger partial charge >= 0.3 is 0 Å². The number of rotatable bonds is 6. The molecule has 0 radical (unpaired) electrons. The van der Waals surface area contributed by atoms with Crippen LogP contribution in [0.4, 0.5) is 34.1 Å². The van der Waals surface area contributed by atoms with E-state index in [1.807, 2.05) is 0 Å². The Kier molecular flexibility index (Phi) is 8.44. The number of fused-ring (bicyclic) bond motifs is 15. The molecule has 11 aromatic carbocycles. The molecule has 0 bridgehead atoms. The van der Waals surface area contributed by atoms with E-state index in [9.17, 15) is 0 Å². The van der Waals surface area contributed by atoms with Crippen LogP contribution in [0.15, 0.2) is 227 Å². The quantitative estimate of drug-likeness (QED) is 0.166. The molecule has 15 rings (SSSR count). The number of nitrogens with zero attached hydrogens (tertiary/aromatic N) is 2. The summed E-state index contributed by atoms with van der Waals surface area (Å²) in [5, 5.41) is 8.74. The number of benzene rings is 11. The summed E-state index contributed by atoms with van der Waals surface area (Å²) >= 11 is 0. The maximum atomic E-state index is 6.87. The zero-order chi connectivity index (χ0) is 48.0. The molecule has 2 heterocycles. The summed E-state index contributed by atoms with van der Waals surface area (Å²) in [5.41, 5.74) is 20.4. The van der Waals surface area contributed by atoms with Gasteiger partial charge in [0.25, 0.3) is 0 Å². The largest absolute Gasteiger partial charge is 0.452 e. The van der Waals surface area contributed by atoms with E-state index in [1.165, 1.54) is 44.5 Å². The van der Waals surface area contributed by atoms with Crippen molar-refractivity contribution in [1.82, 2.24) is 0 Å². The van der Waals surface area contributed by atoms with E-state index in [4.69, 9.17) is 8.83 Å². The number of hydrogen-bond donors (Lipinski definition) is 0. The fourth-order valence-electron chi connectivity index (χ4n) is 12.5. The van der Waals surface area contributed by atoms with Crippen molar-refractivity contribution in [2.45, 2.75) is 38.5 Å². The first-order chi connectivity index (χ1) is 35.2. The Hall–Kier alpha value is -8.86. The van der Waals surface area contributed by atoms with E-state index >= 15 is 0 Å². The lowest BCUT2D eigenvalue weighted by molar-refractivity contribution is 0.634. The van der Waals surface area contributed by atoms with Crippen LogP contribution in [0, 0.1) is 0 Å². The van der Waals surface area contributed by atoms with Crippen molar-refractivity contribution in [3.05, 3.63) is 241 Å². The normalized spacial score (nSPS) is 14.1. The molecule has 2 aliphatic rings. The lowest BCUT2D eigenvalue weighted by Gasteiger charge is -2.27. The Morgan fingerprint density at radius 1 is 0.278 bits per heavy atom. The van der Waals surface area contributed by atoms with Crippen molar-refractivity contribution in [3.8, 4) is 22.3 Å². The zero-order valence-electron chi connectivity index (χ0n) is 40.5. The van der Waals surface area contributed by atoms with Gasteiger partial charge in [-0.05, 0) is 175 Å². The van der Waals surface area contributed by atoms with Crippen LogP contribution in [0.25, 0.3) is 87.7 Å². The van der Waals surface area contributed by atoms with Crippen LogP contribution in [-0.4, -0.2) is 0 Å². The van der Waals surface area contributed by atoms with Gasteiger partial charge in [0.2, 0.25) is 0 Å². The average molecular weight is 925 g/mol. The minimum absolute atomic E-state index is 0.0589. The van der Waals surface area contributed by atoms with Crippen LogP contribution in [-0.2, 0) is 10.8 Å². The third kappa shape index (κ3) is 5.87. The number of anilines is 6. The van der Waals surface area contributed by atoms with Gasteiger partial charge in [-0.3, -0.25) is 0 Å². The van der Waals surface area contributed by atoms with Gasteiger partial charge in [0.05, 0.1) is 0 Å². The summed E-state index contributed by atoms with van der Waals surface area (Å²) in [4.78, 5) is 4.74. The third-order valence-electron chi connectivity index (χ3n) is 16.2. The Bertz CT molecular complexity index is 4120. The Labute approximate surface area is 417 Å². The second-order valence-corrected chi connectivity index (χ2v) is 20.9. The molecule has 0 saturated heterocycles. The highest BCUT2D eigenvalue weighted by Crippen LogP contribution is 2.53. The molecule has 0 unspecified atom stereocenters. The van der Waals surface area contributed by atoms with E-state index < -0.39 is 0 Å².